The third kappa shape index (κ3) is 3.37. The molecular formula is C23H30N4O. The van der Waals surface area contributed by atoms with E-state index in [-0.39, 0.29) is 5.91 Å². The first-order valence-corrected chi connectivity index (χ1v) is 10.8. The molecule has 0 radical (unpaired) electrons. The maximum atomic E-state index is 13.4. The van der Waals surface area contributed by atoms with Crippen molar-refractivity contribution < 1.29 is 4.79 Å². The predicted molar refractivity (Wildman–Crippen MR) is 110 cm³/mol. The summed E-state index contributed by atoms with van der Waals surface area (Å²) in [7, 11) is 1.88. The van der Waals surface area contributed by atoms with Crippen molar-refractivity contribution in [3.05, 3.63) is 42.1 Å². The van der Waals surface area contributed by atoms with Crippen LogP contribution in [0.15, 0.2) is 36.4 Å². The Hall–Kier alpha value is -2.14. The summed E-state index contributed by atoms with van der Waals surface area (Å²) in [6.07, 6.45) is 6.70. The molecule has 4 heterocycles. The fourth-order valence-electron chi connectivity index (χ4n) is 5.15. The Morgan fingerprint density at radius 1 is 1.07 bits per heavy atom. The summed E-state index contributed by atoms with van der Waals surface area (Å²) in [6.45, 7) is 4.18. The van der Waals surface area contributed by atoms with E-state index in [0.29, 0.717) is 17.7 Å². The molecule has 2 bridgehead atoms. The Morgan fingerprint density at radius 2 is 1.89 bits per heavy atom. The summed E-state index contributed by atoms with van der Waals surface area (Å²) in [4.78, 5) is 18.2. The van der Waals surface area contributed by atoms with Gasteiger partial charge in [0.05, 0.1) is 5.69 Å². The van der Waals surface area contributed by atoms with Gasteiger partial charge in [0.1, 0.15) is 5.69 Å². The summed E-state index contributed by atoms with van der Waals surface area (Å²) in [5, 5.41) is 4.61. The lowest BCUT2D eigenvalue weighted by Crippen LogP contribution is -2.47. The molecular weight excluding hydrogens is 348 g/mol. The van der Waals surface area contributed by atoms with Crippen molar-refractivity contribution in [2.24, 2.45) is 18.9 Å². The molecule has 1 saturated carbocycles. The first-order valence-electron chi connectivity index (χ1n) is 10.8. The maximum Gasteiger partial charge on any atom is 0.272 e. The monoisotopic (exact) mass is 378 g/mol. The molecule has 0 unspecified atom stereocenters. The van der Waals surface area contributed by atoms with Crippen molar-refractivity contribution in [2.45, 2.75) is 38.1 Å². The lowest BCUT2D eigenvalue weighted by molar-refractivity contribution is 0.0707. The average Bonchev–Trinajstić information content (AvgIpc) is 2.86. The summed E-state index contributed by atoms with van der Waals surface area (Å²) in [6, 6.07) is 12.6. The number of hydrogen-bond donors (Lipinski definition) is 0. The molecule has 148 valence electrons. The Morgan fingerprint density at radius 3 is 2.64 bits per heavy atom. The quantitative estimate of drug-likeness (QED) is 0.819. The van der Waals surface area contributed by atoms with Gasteiger partial charge in [-0.1, -0.05) is 36.8 Å². The van der Waals surface area contributed by atoms with Crippen molar-refractivity contribution in [3.8, 4) is 11.3 Å². The number of piperidine rings is 1. The Labute approximate surface area is 167 Å². The van der Waals surface area contributed by atoms with E-state index in [2.05, 4.69) is 14.9 Å². The van der Waals surface area contributed by atoms with Crippen LogP contribution in [0.4, 0.5) is 0 Å². The maximum absolute atomic E-state index is 13.4. The van der Waals surface area contributed by atoms with E-state index in [0.717, 1.165) is 30.3 Å². The van der Waals surface area contributed by atoms with Crippen LogP contribution < -0.4 is 0 Å². The van der Waals surface area contributed by atoms with E-state index in [1.807, 2.05) is 43.4 Å². The van der Waals surface area contributed by atoms with Crippen LogP contribution in [0.1, 0.15) is 42.6 Å². The Bertz CT molecular complexity index is 842. The predicted octanol–water partition coefficient (Wildman–Crippen LogP) is 3.42. The molecule has 3 saturated heterocycles. The molecule has 2 aromatic rings. The highest BCUT2D eigenvalue weighted by Crippen LogP contribution is 2.33. The van der Waals surface area contributed by atoms with E-state index in [9.17, 15) is 4.79 Å². The zero-order valence-corrected chi connectivity index (χ0v) is 16.8. The average molecular weight is 379 g/mol. The van der Waals surface area contributed by atoms with Crippen LogP contribution in [-0.2, 0) is 7.05 Å². The van der Waals surface area contributed by atoms with Gasteiger partial charge < -0.3 is 4.90 Å². The summed E-state index contributed by atoms with van der Waals surface area (Å²) >= 11 is 0. The fraction of sp³-hybridized carbons (Fsp3) is 0.565. The second-order valence-corrected chi connectivity index (χ2v) is 8.96. The van der Waals surface area contributed by atoms with Crippen molar-refractivity contribution in [2.75, 3.05) is 26.2 Å². The molecule has 4 aliphatic rings. The van der Waals surface area contributed by atoms with Gasteiger partial charge >= 0.3 is 0 Å². The molecule has 1 aromatic heterocycles. The van der Waals surface area contributed by atoms with Crippen LogP contribution in [0, 0.1) is 11.8 Å². The summed E-state index contributed by atoms with van der Waals surface area (Å²) < 4.78 is 1.75. The number of aryl methyl sites for hydroxylation is 1. The van der Waals surface area contributed by atoms with Gasteiger partial charge in [0.25, 0.3) is 5.91 Å². The minimum absolute atomic E-state index is 0.138. The van der Waals surface area contributed by atoms with Crippen LogP contribution in [0.25, 0.3) is 11.3 Å². The number of rotatable bonds is 4. The van der Waals surface area contributed by atoms with E-state index in [1.165, 1.54) is 45.2 Å². The molecule has 1 aromatic carbocycles. The minimum Gasteiger partial charge on any atom is -0.335 e. The van der Waals surface area contributed by atoms with E-state index in [4.69, 9.17) is 0 Å². The number of benzene rings is 1. The topological polar surface area (TPSA) is 41.4 Å². The van der Waals surface area contributed by atoms with Crippen LogP contribution in [0.5, 0.6) is 0 Å². The SMILES string of the molecule is Cn1nc(-c2ccccc2)cc1C(=O)N1C[C@H]2CC[C@@H](C1)N(CC1CCC1)C2. The van der Waals surface area contributed by atoms with E-state index in [1.54, 1.807) is 4.68 Å². The van der Waals surface area contributed by atoms with Crippen LogP contribution >= 0.6 is 0 Å². The number of nitrogens with zero attached hydrogens (tertiary/aromatic N) is 4. The fourth-order valence-corrected chi connectivity index (χ4v) is 5.15. The number of amides is 1. The van der Waals surface area contributed by atoms with Crippen LogP contribution in [0.2, 0.25) is 0 Å². The molecule has 0 spiro atoms. The van der Waals surface area contributed by atoms with E-state index >= 15 is 0 Å². The Kier molecular flexibility index (Phi) is 4.71. The van der Waals surface area contributed by atoms with Crippen molar-refractivity contribution in [1.29, 1.82) is 0 Å². The second kappa shape index (κ2) is 7.36. The minimum atomic E-state index is 0.138. The second-order valence-electron chi connectivity index (χ2n) is 8.96. The molecule has 5 heteroatoms. The smallest absolute Gasteiger partial charge is 0.272 e. The first kappa shape index (κ1) is 17.9. The highest BCUT2D eigenvalue weighted by molar-refractivity contribution is 5.93. The molecule has 1 aliphatic carbocycles. The van der Waals surface area contributed by atoms with E-state index < -0.39 is 0 Å². The van der Waals surface area contributed by atoms with Gasteiger partial charge in [0.15, 0.2) is 0 Å². The standard InChI is InChI=1S/C23H30N4O/c1-25-22(12-21(24-25)19-8-3-2-4-9-19)23(28)27-15-18-10-11-20(16-27)26(14-18)13-17-6-5-7-17/h2-4,8-9,12,17-18,20H,5-7,10-11,13-16H2,1H3/t18-,20-/m0/s1. The van der Waals surface area contributed by atoms with Crippen LogP contribution in [-0.4, -0.2) is 57.7 Å². The first-order chi connectivity index (χ1) is 13.7. The molecule has 0 N–H and O–H groups in total. The van der Waals surface area contributed by atoms with Gasteiger partial charge in [-0.2, -0.15) is 5.10 Å². The van der Waals surface area contributed by atoms with Crippen molar-refractivity contribution >= 4 is 5.91 Å². The van der Waals surface area contributed by atoms with Crippen molar-refractivity contribution in [3.63, 3.8) is 0 Å². The molecule has 2 atom stereocenters. The molecule has 28 heavy (non-hydrogen) atoms. The molecule has 6 rings (SSSR count). The zero-order valence-electron chi connectivity index (χ0n) is 16.8. The van der Waals surface area contributed by atoms with Gasteiger partial charge in [-0.3, -0.25) is 14.4 Å². The normalized spacial score (nSPS) is 25.5. The third-order valence-corrected chi connectivity index (χ3v) is 7.00. The van der Waals surface area contributed by atoms with Gasteiger partial charge in [-0.15, -0.1) is 0 Å². The lowest BCUT2D eigenvalue weighted by atomic mass is 9.83. The largest absolute Gasteiger partial charge is 0.335 e. The van der Waals surface area contributed by atoms with Gasteiger partial charge in [-0.05, 0) is 43.6 Å². The number of aromatic nitrogens is 2. The van der Waals surface area contributed by atoms with Crippen molar-refractivity contribution in [1.82, 2.24) is 19.6 Å². The van der Waals surface area contributed by atoms with Gasteiger partial charge in [-0.25, -0.2) is 0 Å². The number of carbonyl (C=O) groups is 1. The molecule has 1 amide bonds. The third-order valence-electron chi connectivity index (χ3n) is 7.00. The number of hydrogen-bond acceptors (Lipinski definition) is 3. The molecule has 5 nitrogen and oxygen atoms in total. The van der Waals surface area contributed by atoms with Gasteiger partial charge in [0.2, 0.25) is 0 Å². The number of carbonyl (C=O) groups excluding carboxylic acids is 1. The zero-order chi connectivity index (χ0) is 19.1. The highest BCUT2D eigenvalue weighted by atomic mass is 16.2. The van der Waals surface area contributed by atoms with Gasteiger partial charge in [0, 0.05) is 44.8 Å². The summed E-state index contributed by atoms with van der Waals surface area (Å²) in [5.41, 5.74) is 2.63. The number of fused-ring (bicyclic) bond motifs is 4. The lowest BCUT2D eigenvalue weighted by Gasteiger charge is -2.40. The highest BCUT2D eigenvalue weighted by Gasteiger charge is 2.38. The summed E-state index contributed by atoms with van der Waals surface area (Å²) in [5.74, 6) is 1.65. The Balaban J connectivity index is 1.34. The van der Waals surface area contributed by atoms with Crippen LogP contribution in [0.3, 0.4) is 0 Å². The molecule has 4 fully saturated rings. The molecule has 3 aliphatic heterocycles.